The summed E-state index contributed by atoms with van der Waals surface area (Å²) >= 11 is 0. The van der Waals surface area contributed by atoms with Gasteiger partial charge in [0.05, 0.1) is 5.92 Å². The zero-order chi connectivity index (χ0) is 9.26. The monoisotopic (exact) mass is 180 g/mol. The number of allylic oxidation sites excluding steroid dienone is 2. The minimum Gasteiger partial charge on any atom is -0.481 e. The van der Waals surface area contributed by atoms with E-state index in [1.165, 1.54) is 25.7 Å². The highest BCUT2D eigenvalue weighted by Gasteiger charge is 2.36. The molecule has 2 aliphatic carbocycles. The molecule has 0 atom stereocenters. The second kappa shape index (κ2) is 3.52. The molecule has 0 bridgehead atoms. The molecule has 0 amide bonds. The molecule has 2 aliphatic rings. The Morgan fingerprint density at radius 1 is 1.38 bits per heavy atom. The highest BCUT2D eigenvalue weighted by atomic mass is 16.4. The Kier molecular flexibility index (Phi) is 2.38. The molecule has 72 valence electrons. The first-order chi connectivity index (χ1) is 6.27. The Balaban J connectivity index is 1.85. The molecular formula is C11H16O2. The molecule has 1 N–H and O–H groups in total. The molecule has 0 saturated heterocycles. The smallest absolute Gasteiger partial charge is 0.306 e. The normalized spacial score (nSPS) is 33.4. The van der Waals surface area contributed by atoms with Gasteiger partial charge in [0.25, 0.3) is 0 Å². The van der Waals surface area contributed by atoms with Gasteiger partial charge in [-0.15, -0.1) is 0 Å². The van der Waals surface area contributed by atoms with Crippen LogP contribution in [0.5, 0.6) is 0 Å². The molecule has 2 rings (SSSR count). The number of hydrogen-bond acceptors (Lipinski definition) is 1. The molecule has 13 heavy (non-hydrogen) atoms. The first kappa shape index (κ1) is 8.79. The van der Waals surface area contributed by atoms with Crippen LogP contribution in [-0.2, 0) is 4.79 Å². The summed E-state index contributed by atoms with van der Waals surface area (Å²) in [6.07, 6.45) is 9.17. The second-order valence-electron chi connectivity index (χ2n) is 4.23. The van der Waals surface area contributed by atoms with Crippen molar-refractivity contribution in [1.29, 1.82) is 0 Å². The molecule has 1 saturated carbocycles. The van der Waals surface area contributed by atoms with Crippen LogP contribution in [0, 0.1) is 11.8 Å². The Labute approximate surface area is 78.6 Å². The summed E-state index contributed by atoms with van der Waals surface area (Å²) in [5.41, 5.74) is 1.55. The van der Waals surface area contributed by atoms with Crippen LogP contribution in [0.2, 0.25) is 0 Å². The van der Waals surface area contributed by atoms with Crippen molar-refractivity contribution in [2.45, 2.75) is 38.5 Å². The fraction of sp³-hybridized carbons (Fsp3) is 0.727. The molecule has 0 aromatic rings. The summed E-state index contributed by atoms with van der Waals surface area (Å²) in [4.78, 5) is 10.6. The third kappa shape index (κ3) is 1.77. The van der Waals surface area contributed by atoms with E-state index in [4.69, 9.17) is 5.11 Å². The van der Waals surface area contributed by atoms with E-state index in [0.717, 1.165) is 12.8 Å². The maximum atomic E-state index is 10.6. The Morgan fingerprint density at radius 2 is 2.15 bits per heavy atom. The summed E-state index contributed by atoms with van der Waals surface area (Å²) in [5.74, 6) is -0.0399. The third-order valence-corrected chi connectivity index (χ3v) is 3.34. The zero-order valence-electron chi connectivity index (χ0n) is 7.83. The minimum atomic E-state index is -0.604. The highest BCUT2D eigenvalue weighted by Crippen LogP contribution is 2.41. The summed E-state index contributed by atoms with van der Waals surface area (Å²) in [5, 5.41) is 8.73. The number of carboxylic acid groups (broad SMARTS) is 1. The standard InChI is InChI=1S/C11H16O2/c12-11(13)10-6-9(7-10)8-4-2-1-3-5-8/h4,9-10H,1-3,5-7H2,(H,12,13). The molecule has 1 fully saturated rings. The SMILES string of the molecule is O=C(O)C1CC(C2=CCCCC2)C1. The lowest BCUT2D eigenvalue weighted by Gasteiger charge is -2.35. The third-order valence-electron chi connectivity index (χ3n) is 3.34. The van der Waals surface area contributed by atoms with Gasteiger partial charge in [-0.1, -0.05) is 11.6 Å². The van der Waals surface area contributed by atoms with Crippen molar-refractivity contribution in [2.75, 3.05) is 0 Å². The lowest BCUT2D eigenvalue weighted by atomic mass is 9.69. The molecule has 0 aromatic heterocycles. The van der Waals surface area contributed by atoms with Crippen LogP contribution in [0.25, 0.3) is 0 Å². The van der Waals surface area contributed by atoms with Crippen LogP contribution < -0.4 is 0 Å². The Bertz CT molecular complexity index is 236. The van der Waals surface area contributed by atoms with Crippen LogP contribution in [0.1, 0.15) is 38.5 Å². The van der Waals surface area contributed by atoms with Gasteiger partial charge >= 0.3 is 5.97 Å². The van der Waals surface area contributed by atoms with E-state index in [1.54, 1.807) is 5.57 Å². The second-order valence-corrected chi connectivity index (χ2v) is 4.23. The van der Waals surface area contributed by atoms with E-state index in [2.05, 4.69) is 6.08 Å². The van der Waals surface area contributed by atoms with Crippen LogP contribution in [0.15, 0.2) is 11.6 Å². The van der Waals surface area contributed by atoms with E-state index in [1.807, 2.05) is 0 Å². The fourth-order valence-electron chi connectivity index (χ4n) is 2.36. The molecule has 0 unspecified atom stereocenters. The van der Waals surface area contributed by atoms with E-state index in [-0.39, 0.29) is 5.92 Å². The number of rotatable bonds is 2. The zero-order valence-corrected chi connectivity index (χ0v) is 7.83. The van der Waals surface area contributed by atoms with Gasteiger partial charge in [-0.2, -0.15) is 0 Å². The van der Waals surface area contributed by atoms with Gasteiger partial charge < -0.3 is 5.11 Å². The van der Waals surface area contributed by atoms with E-state index >= 15 is 0 Å². The molecule has 2 nitrogen and oxygen atoms in total. The van der Waals surface area contributed by atoms with Gasteiger partial charge in [-0.05, 0) is 44.4 Å². The van der Waals surface area contributed by atoms with E-state index in [0.29, 0.717) is 5.92 Å². The molecule has 0 radical (unpaired) electrons. The largest absolute Gasteiger partial charge is 0.481 e. The van der Waals surface area contributed by atoms with Crippen molar-refractivity contribution in [3.63, 3.8) is 0 Å². The molecule has 0 aromatic carbocycles. The van der Waals surface area contributed by atoms with Crippen molar-refractivity contribution in [1.82, 2.24) is 0 Å². The number of hydrogen-bond donors (Lipinski definition) is 1. The molecule has 2 heteroatoms. The van der Waals surface area contributed by atoms with Crippen LogP contribution in [0.3, 0.4) is 0 Å². The maximum absolute atomic E-state index is 10.6. The van der Waals surface area contributed by atoms with Gasteiger partial charge in [-0.3, -0.25) is 4.79 Å². The van der Waals surface area contributed by atoms with Crippen molar-refractivity contribution in [3.05, 3.63) is 11.6 Å². The first-order valence-corrected chi connectivity index (χ1v) is 5.19. The Hall–Kier alpha value is -0.790. The van der Waals surface area contributed by atoms with Gasteiger partial charge in [0.1, 0.15) is 0 Å². The fourth-order valence-corrected chi connectivity index (χ4v) is 2.36. The number of carbonyl (C=O) groups is 1. The summed E-state index contributed by atoms with van der Waals surface area (Å²) in [6, 6.07) is 0. The van der Waals surface area contributed by atoms with Crippen molar-refractivity contribution < 1.29 is 9.90 Å². The first-order valence-electron chi connectivity index (χ1n) is 5.19. The van der Waals surface area contributed by atoms with Crippen LogP contribution in [-0.4, -0.2) is 11.1 Å². The molecule has 0 heterocycles. The van der Waals surface area contributed by atoms with Crippen LogP contribution in [0.4, 0.5) is 0 Å². The van der Waals surface area contributed by atoms with Crippen molar-refractivity contribution in [2.24, 2.45) is 11.8 Å². The minimum absolute atomic E-state index is 0.0483. The van der Waals surface area contributed by atoms with Gasteiger partial charge in [0.2, 0.25) is 0 Å². The quantitative estimate of drug-likeness (QED) is 0.663. The summed E-state index contributed by atoms with van der Waals surface area (Å²) in [6.45, 7) is 0. The number of aliphatic carboxylic acids is 1. The van der Waals surface area contributed by atoms with Gasteiger partial charge in [-0.25, -0.2) is 0 Å². The lowest BCUT2D eigenvalue weighted by molar-refractivity contribution is -0.145. The van der Waals surface area contributed by atoms with Gasteiger partial charge in [0.15, 0.2) is 0 Å². The van der Waals surface area contributed by atoms with Crippen LogP contribution >= 0.6 is 0 Å². The lowest BCUT2D eigenvalue weighted by Crippen LogP contribution is -2.31. The summed E-state index contributed by atoms with van der Waals surface area (Å²) in [7, 11) is 0. The topological polar surface area (TPSA) is 37.3 Å². The van der Waals surface area contributed by atoms with E-state index < -0.39 is 5.97 Å². The van der Waals surface area contributed by atoms with Crippen molar-refractivity contribution in [3.8, 4) is 0 Å². The maximum Gasteiger partial charge on any atom is 0.306 e. The number of carboxylic acids is 1. The summed E-state index contributed by atoms with van der Waals surface area (Å²) < 4.78 is 0. The van der Waals surface area contributed by atoms with E-state index in [9.17, 15) is 4.79 Å². The highest BCUT2D eigenvalue weighted by molar-refractivity contribution is 5.71. The molecule has 0 aliphatic heterocycles. The Morgan fingerprint density at radius 3 is 2.69 bits per heavy atom. The van der Waals surface area contributed by atoms with Crippen molar-refractivity contribution >= 4 is 5.97 Å². The predicted molar refractivity (Wildman–Crippen MR) is 50.4 cm³/mol. The van der Waals surface area contributed by atoms with Gasteiger partial charge in [0, 0.05) is 0 Å². The molecular weight excluding hydrogens is 164 g/mol. The predicted octanol–water partition coefficient (Wildman–Crippen LogP) is 2.60. The average Bonchev–Trinajstić information content (AvgIpc) is 2.02. The molecule has 0 spiro atoms. The average molecular weight is 180 g/mol.